The molecule has 4 unspecified atom stereocenters. The fourth-order valence-corrected chi connectivity index (χ4v) is 7.85. The molecule has 0 bridgehead atoms. The molecule has 14 nitrogen and oxygen atoms in total. The Morgan fingerprint density at radius 2 is 1.25 bits per heavy atom. The first kappa shape index (κ1) is 38.2. The maximum Gasteiger partial charge on any atom is 0.407 e. The van der Waals surface area contributed by atoms with Gasteiger partial charge in [0.15, 0.2) is 0 Å². The van der Waals surface area contributed by atoms with Gasteiger partial charge in [-0.15, -0.1) is 0 Å². The Morgan fingerprint density at radius 1 is 0.714 bits per heavy atom. The number of amides is 4. The van der Waals surface area contributed by atoms with Gasteiger partial charge in [0.25, 0.3) is 0 Å². The van der Waals surface area contributed by atoms with Gasteiger partial charge >= 0.3 is 12.2 Å². The number of carbonyl (C=O) groups is 4. The smallest absolute Gasteiger partial charge is 0.407 e. The number of H-pyrrole nitrogens is 2. The number of likely N-dealkylation sites (tertiary alicyclic amines) is 2. The van der Waals surface area contributed by atoms with Crippen molar-refractivity contribution < 1.29 is 28.7 Å². The third kappa shape index (κ3) is 7.58. The molecule has 4 atom stereocenters. The third-order valence-corrected chi connectivity index (χ3v) is 10.8. The van der Waals surface area contributed by atoms with Crippen LogP contribution in [-0.4, -0.2) is 93.1 Å². The SMILES string of the molecule is COC(=O)NC(C(=O)N1CCCC1c1nc2ccc(C#Cc3ccc4c(ccc5[nH]c(C6CCCN6C(=O)C(NC(=O)OC)C(C)C)nc54)c3)cc2[nH]1)C(C)C. The van der Waals surface area contributed by atoms with Gasteiger partial charge in [-0.25, -0.2) is 19.6 Å². The van der Waals surface area contributed by atoms with E-state index in [0.29, 0.717) is 18.9 Å². The van der Waals surface area contributed by atoms with E-state index in [0.717, 1.165) is 75.5 Å². The first-order chi connectivity index (χ1) is 26.9. The number of hydrogen-bond acceptors (Lipinski definition) is 8. The van der Waals surface area contributed by atoms with Crippen LogP contribution in [0.4, 0.5) is 9.59 Å². The van der Waals surface area contributed by atoms with E-state index in [4.69, 9.17) is 19.4 Å². The van der Waals surface area contributed by atoms with Crippen molar-refractivity contribution >= 4 is 56.8 Å². The zero-order valence-electron chi connectivity index (χ0n) is 32.6. The summed E-state index contributed by atoms with van der Waals surface area (Å²) in [4.78, 5) is 71.6. The predicted octanol–water partition coefficient (Wildman–Crippen LogP) is 6.08. The Bertz CT molecular complexity index is 2370. The van der Waals surface area contributed by atoms with Gasteiger partial charge in [-0.2, -0.15) is 0 Å². The number of benzene rings is 3. The second kappa shape index (κ2) is 15.9. The van der Waals surface area contributed by atoms with E-state index in [9.17, 15) is 19.2 Å². The van der Waals surface area contributed by atoms with Crippen LogP contribution in [0.5, 0.6) is 0 Å². The maximum atomic E-state index is 13.6. The van der Waals surface area contributed by atoms with Gasteiger partial charge in [-0.05, 0) is 79.3 Å². The van der Waals surface area contributed by atoms with Crippen LogP contribution in [0.15, 0.2) is 48.5 Å². The van der Waals surface area contributed by atoms with Gasteiger partial charge < -0.3 is 39.9 Å². The van der Waals surface area contributed by atoms with Crippen molar-refractivity contribution in [3.05, 3.63) is 71.3 Å². The molecular formula is C42H48N8O6. The number of methoxy groups -OCH3 is 2. The molecule has 0 spiro atoms. The molecule has 7 rings (SSSR count). The van der Waals surface area contributed by atoms with Crippen LogP contribution >= 0.6 is 0 Å². The molecule has 292 valence electrons. The Kier molecular flexibility index (Phi) is 10.9. The highest BCUT2D eigenvalue weighted by Crippen LogP contribution is 2.35. The molecule has 4 N–H and O–H groups in total. The van der Waals surface area contributed by atoms with Gasteiger partial charge in [0.1, 0.15) is 23.7 Å². The predicted molar refractivity (Wildman–Crippen MR) is 211 cm³/mol. The van der Waals surface area contributed by atoms with E-state index in [1.54, 1.807) is 4.90 Å². The number of imidazole rings is 2. The Morgan fingerprint density at radius 3 is 1.82 bits per heavy atom. The van der Waals surface area contributed by atoms with E-state index in [1.165, 1.54) is 14.2 Å². The first-order valence-corrected chi connectivity index (χ1v) is 19.2. The average molecular weight is 761 g/mol. The van der Waals surface area contributed by atoms with Crippen molar-refractivity contribution in [2.45, 2.75) is 77.5 Å². The number of carbonyl (C=O) groups excluding carboxylic acids is 4. The first-order valence-electron chi connectivity index (χ1n) is 19.2. The highest BCUT2D eigenvalue weighted by molar-refractivity contribution is 6.04. The standard InChI is InChI=1S/C42H48N8O6/c1-23(2)34(47-41(53)55-5)39(51)49-19-7-9-32(49)37-43-29-17-14-26(22-31(29)45-37)12-11-25-13-16-28-27(21-25)15-18-30-36(28)46-38(44-30)33-10-8-20-50(33)40(52)35(24(3)4)48-42(54)56-6/h13-18,21-24,32-35H,7-10,19-20H2,1-6H3,(H,43,45)(H,44,46)(H,47,53)(H,48,54). The second-order valence-electron chi connectivity index (χ2n) is 15.2. The summed E-state index contributed by atoms with van der Waals surface area (Å²) in [5.41, 5.74) is 4.99. The number of nitrogens with zero attached hydrogens (tertiary/aromatic N) is 4. The summed E-state index contributed by atoms with van der Waals surface area (Å²) >= 11 is 0. The number of hydrogen-bond donors (Lipinski definition) is 4. The quantitative estimate of drug-likeness (QED) is 0.138. The van der Waals surface area contributed by atoms with E-state index in [1.807, 2.05) is 81.1 Å². The topological polar surface area (TPSA) is 175 Å². The molecule has 3 aromatic carbocycles. The number of aromatic amines is 2. The number of aromatic nitrogens is 4. The van der Waals surface area contributed by atoms with Crippen molar-refractivity contribution in [1.82, 2.24) is 40.4 Å². The average Bonchev–Trinajstić information content (AvgIpc) is 4.02. The Labute approximate surface area is 325 Å². The Balaban J connectivity index is 1.09. The van der Waals surface area contributed by atoms with Crippen molar-refractivity contribution in [2.24, 2.45) is 11.8 Å². The van der Waals surface area contributed by atoms with Crippen LogP contribution < -0.4 is 10.6 Å². The normalized spacial score (nSPS) is 18.0. The molecule has 0 radical (unpaired) electrons. The van der Waals surface area contributed by atoms with Gasteiger partial charge in [0.2, 0.25) is 11.8 Å². The molecule has 5 aromatic rings. The maximum absolute atomic E-state index is 13.6. The second-order valence-corrected chi connectivity index (χ2v) is 15.2. The number of ether oxygens (including phenoxy) is 2. The third-order valence-electron chi connectivity index (χ3n) is 10.8. The highest BCUT2D eigenvalue weighted by Gasteiger charge is 2.39. The lowest BCUT2D eigenvalue weighted by molar-refractivity contribution is -0.136. The molecule has 4 amide bonds. The van der Waals surface area contributed by atoms with Gasteiger partial charge in [0.05, 0.1) is 48.4 Å². The van der Waals surface area contributed by atoms with Crippen LogP contribution in [0.3, 0.4) is 0 Å². The largest absolute Gasteiger partial charge is 0.453 e. The summed E-state index contributed by atoms with van der Waals surface area (Å²) in [5.74, 6) is 7.51. The lowest BCUT2D eigenvalue weighted by atomic mass is 10.0. The van der Waals surface area contributed by atoms with Crippen LogP contribution in [0.25, 0.3) is 32.8 Å². The highest BCUT2D eigenvalue weighted by atomic mass is 16.5. The van der Waals surface area contributed by atoms with Crippen molar-refractivity contribution in [3.8, 4) is 11.8 Å². The number of nitrogens with one attached hydrogen (secondary N) is 4. The number of alkyl carbamates (subject to hydrolysis) is 2. The molecular weight excluding hydrogens is 713 g/mol. The van der Waals surface area contributed by atoms with Crippen molar-refractivity contribution in [1.29, 1.82) is 0 Å². The molecule has 14 heteroatoms. The minimum atomic E-state index is -0.700. The summed E-state index contributed by atoms with van der Waals surface area (Å²) in [6, 6.07) is 14.1. The molecule has 2 aromatic heterocycles. The molecule has 2 saturated heterocycles. The van der Waals surface area contributed by atoms with E-state index >= 15 is 0 Å². The fourth-order valence-electron chi connectivity index (χ4n) is 7.85. The van der Waals surface area contributed by atoms with E-state index < -0.39 is 24.3 Å². The molecule has 2 fully saturated rings. The lowest BCUT2D eigenvalue weighted by Gasteiger charge is -2.29. The van der Waals surface area contributed by atoms with Crippen LogP contribution in [-0.2, 0) is 19.1 Å². The van der Waals surface area contributed by atoms with E-state index in [-0.39, 0.29) is 35.7 Å². The van der Waals surface area contributed by atoms with Crippen molar-refractivity contribution in [3.63, 3.8) is 0 Å². The van der Waals surface area contributed by atoms with Crippen LogP contribution in [0.2, 0.25) is 0 Å². The summed E-state index contributed by atoms with van der Waals surface area (Å²) in [7, 11) is 2.57. The van der Waals surface area contributed by atoms with E-state index in [2.05, 4.69) is 32.4 Å². The summed E-state index contributed by atoms with van der Waals surface area (Å²) in [5, 5.41) is 7.37. The Hall–Kier alpha value is -6.10. The minimum Gasteiger partial charge on any atom is -0.453 e. The number of rotatable bonds is 8. The lowest BCUT2D eigenvalue weighted by Crippen LogP contribution is -2.51. The van der Waals surface area contributed by atoms with Gasteiger partial charge in [-0.3, -0.25) is 9.59 Å². The molecule has 2 aliphatic heterocycles. The monoisotopic (exact) mass is 760 g/mol. The molecule has 56 heavy (non-hydrogen) atoms. The van der Waals surface area contributed by atoms with Gasteiger partial charge in [0, 0.05) is 29.6 Å². The molecule has 0 saturated carbocycles. The summed E-state index contributed by atoms with van der Waals surface area (Å²) in [6.07, 6.45) is 1.95. The van der Waals surface area contributed by atoms with Gasteiger partial charge in [-0.1, -0.05) is 51.7 Å². The molecule has 2 aliphatic rings. The minimum absolute atomic E-state index is 0.115. The van der Waals surface area contributed by atoms with Crippen molar-refractivity contribution in [2.75, 3.05) is 27.3 Å². The molecule has 0 aliphatic carbocycles. The summed E-state index contributed by atoms with van der Waals surface area (Å²) < 4.78 is 9.53. The molecule has 4 heterocycles. The fraction of sp³-hybridized carbons (Fsp3) is 0.429. The van der Waals surface area contributed by atoms with Crippen LogP contribution in [0.1, 0.15) is 88.2 Å². The van der Waals surface area contributed by atoms with Crippen LogP contribution in [0, 0.1) is 23.7 Å². The zero-order valence-corrected chi connectivity index (χ0v) is 32.6. The summed E-state index contributed by atoms with van der Waals surface area (Å²) in [6.45, 7) is 8.76. The zero-order chi connectivity index (χ0) is 39.7. The number of fused-ring (bicyclic) bond motifs is 4.